The minimum absolute atomic E-state index is 0.0894. The predicted molar refractivity (Wildman–Crippen MR) is 73.4 cm³/mol. The number of aromatic nitrogens is 2. The second-order valence-corrected chi connectivity index (χ2v) is 5.72. The van der Waals surface area contributed by atoms with Crippen molar-refractivity contribution in [3.8, 4) is 0 Å². The fourth-order valence-corrected chi connectivity index (χ4v) is 2.66. The van der Waals surface area contributed by atoms with Crippen LogP contribution in [0.1, 0.15) is 21.1 Å². The maximum atomic E-state index is 11.7. The first-order valence-electron chi connectivity index (χ1n) is 5.61. The Balaban J connectivity index is 1.85. The fraction of sp³-hybridized carbons (Fsp3) is 0.333. The van der Waals surface area contributed by atoms with Crippen LogP contribution in [0.2, 0.25) is 4.34 Å². The van der Waals surface area contributed by atoms with E-state index in [1.54, 1.807) is 12.1 Å². The summed E-state index contributed by atoms with van der Waals surface area (Å²) in [5.41, 5.74) is 2.09. The molecule has 0 radical (unpaired) electrons. The van der Waals surface area contributed by atoms with Gasteiger partial charge in [0.15, 0.2) is 0 Å². The first-order chi connectivity index (χ1) is 8.56. The number of nitrogens with one attached hydrogen (secondary N) is 1. The van der Waals surface area contributed by atoms with E-state index in [4.69, 9.17) is 11.6 Å². The smallest absolute Gasteiger partial charge is 0.261 e. The van der Waals surface area contributed by atoms with Gasteiger partial charge in [0.05, 0.1) is 21.5 Å². The average Bonchev–Trinajstić information content (AvgIpc) is 2.86. The number of rotatable bonds is 4. The summed E-state index contributed by atoms with van der Waals surface area (Å²) < 4.78 is 2.51. The monoisotopic (exact) mass is 283 g/mol. The van der Waals surface area contributed by atoms with Crippen LogP contribution in [-0.4, -0.2) is 22.2 Å². The molecule has 0 bridgehead atoms. The normalized spacial score (nSPS) is 10.6. The summed E-state index contributed by atoms with van der Waals surface area (Å²) in [5, 5.41) is 7.18. The molecule has 0 fully saturated rings. The fourth-order valence-electron chi connectivity index (χ4n) is 1.70. The number of carbonyl (C=O) groups is 1. The van der Waals surface area contributed by atoms with Crippen LogP contribution in [0.25, 0.3) is 0 Å². The van der Waals surface area contributed by atoms with Gasteiger partial charge in [-0.05, 0) is 32.0 Å². The summed E-state index contributed by atoms with van der Waals surface area (Å²) in [6.07, 6.45) is 0. The van der Waals surface area contributed by atoms with Gasteiger partial charge in [-0.3, -0.25) is 9.48 Å². The third kappa shape index (κ3) is 3.11. The Morgan fingerprint density at radius 2 is 2.28 bits per heavy atom. The van der Waals surface area contributed by atoms with Crippen LogP contribution in [-0.2, 0) is 6.54 Å². The van der Waals surface area contributed by atoms with E-state index >= 15 is 0 Å². The maximum Gasteiger partial charge on any atom is 0.261 e. The number of thiophene rings is 1. The number of hydrogen-bond acceptors (Lipinski definition) is 3. The molecule has 1 N–H and O–H groups in total. The summed E-state index contributed by atoms with van der Waals surface area (Å²) in [6, 6.07) is 5.47. The molecule has 18 heavy (non-hydrogen) atoms. The Morgan fingerprint density at radius 1 is 1.50 bits per heavy atom. The van der Waals surface area contributed by atoms with E-state index in [0.717, 1.165) is 11.4 Å². The number of amides is 1. The Kier molecular flexibility index (Phi) is 4.04. The van der Waals surface area contributed by atoms with Crippen LogP contribution in [0.15, 0.2) is 18.2 Å². The molecule has 4 nitrogen and oxygen atoms in total. The molecular formula is C12H14ClN3OS. The minimum Gasteiger partial charge on any atom is -0.349 e. The van der Waals surface area contributed by atoms with Gasteiger partial charge in [0.25, 0.3) is 5.91 Å². The standard InChI is InChI=1S/C12H14ClN3OS/c1-8-7-9(2)16(15-8)6-5-14-12(17)10-3-4-11(13)18-10/h3-4,7H,5-6H2,1-2H3,(H,14,17). The van der Waals surface area contributed by atoms with E-state index in [1.807, 2.05) is 24.6 Å². The summed E-state index contributed by atoms with van der Waals surface area (Å²) in [4.78, 5) is 12.4. The Labute approximate surface area is 115 Å². The van der Waals surface area contributed by atoms with Gasteiger partial charge >= 0.3 is 0 Å². The average molecular weight is 284 g/mol. The zero-order valence-corrected chi connectivity index (χ0v) is 11.8. The molecule has 0 unspecified atom stereocenters. The van der Waals surface area contributed by atoms with Crippen LogP contribution in [0, 0.1) is 13.8 Å². The topological polar surface area (TPSA) is 46.9 Å². The van der Waals surface area contributed by atoms with E-state index in [-0.39, 0.29) is 5.91 Å². The first-order valence-corrected chi connectivity index (χ1v) is 6.80. The van der Waals surface area contributed by atoms with Crippen LogP contribution in [0.3, 0.4) is 0 Å². The van der Waals surface area contributed by atoms with Crippen molar-refractivity contribution in [1.82, 2.24) is 15.1 Å². The van der Waals surface area contributed by atoms with E-state index in [1.165, 1.54) is 11.3 Å². The molecule has 2 heterocycles. The van der Waals surface area contributed by atoms with Crippen molar-refractivity contribution in [3.05, 3.63) is 38.8 Å². The lowest BCUT2D eigenvalue weighted by Gasteiger charge is -2.05. The summed E-state index contributed by atoms with van der Waals surface area (Å²) in [5.74, 6) is -0.0894. The van der Waals surface area contributed by atoms with Gasteiger partial charge in [0, 0.05) is 12.2 Å². The van der Waals surface area contributed by atoms with Crippen molar-refractivity contribution in [1.29, 1.82) is 0 Å². The summed E-state index contributed by atoms with van der Waals surface area (Å²) >= 11 is 7.06. The predicted octanol–water partition coefficient (Wildman–Crippen LogP) is 2.64. The highest BCUT2D eigenvalue weighted by Crippen LogP contribution is 2.20. The zero-order chi connectivity index (χ0) is 13.1. The van der Waals surface area contributed by atoms with Gasteiger partial charge in [-0.15, -0.1) is 11.3 Å². The molecule has 0 saturated heterocycles. The molecule has 6 heteroatoms. The molecule has 0 saturated carbocycles. The molecule has 0 aromatic carbocycles. The molecule has 0 spiro atoms. The third-order valence-electron chi connectivity index (χ3n) is 2.51. The second-order valence-electron chi connectivity index (χ2n) is 4.01. The van der Waals surface area contributed by atoms with Crippen LogP contribution in [0.5, 0.6) is 0 Å². The van der Waals surface area contributed by atoms with E-state index in [9.17, 15) is 4.79 Å². The third-order valence-corrected chi connectivity index (χ3v) is 3.74. The van der Waals surface area contributed by atoms with Crippen molar-refractivity contribution in [3.63, 3.8) is 0 Å². The van der Waals surface area contributed by atoms with Gasteiger partial charge in [0.1, 0.15) is 0 Å². The molecule has 0 aliphatic carbocycles. The quantitative estimate of drug-likeness (QED) is 0.938. The van der Waals surface area contributed by atoms with Crippen LogP contribution >= 0.6 is 22.9 Å². The summed E-state index contributed by atoms with van der Waals surface area (Å²) in [6.45, 7) is 5.18. The van der Waals surface area contributed by atoms with Gasteiger partial charge < -0.3 is 5.32 Å². The van der Waals surface area contributed by atoms with Gasteiger partial charge in [0.2, 0.25) is 0 Å². The van der Waals surface area contributed by atoms with Crippen molar-refractivity contribution in [2.24, 2.45) is 0 Å². The van der Waals surface area contributed by atoms with E-state index in [0.29, 0.717) is 22.3 Å². The molecule has 0 atom stereocenters. The molecule has 1 amide bonds. The Bertz CT molecular complexity index is 561. The largest absolute Gasteiger partial charge is 0.349 e. The van der Waals surface area contributed by atoms with Crippen molar-refractivity contribution in [2.45, 2.75) is 20.4 Å². The molecule has 2 rings (SSSR count). The molecule has 0 aliphatic rings. The van der Waals surface area contributed by atoms with Gasteiger partial charge in [-0.1, -0.05) is 11.6 Å². The van der Waals surface area contributed by atoms with Crippen LogP contribution in [0.4, 0.5) is 0 Å². The van der Waals surface area contributed by atoms with E-state index < -0.39 is 0 Å². The maximum absolute atomic E-state index is 11.7. The van der Waals surface area contributed by atoms with Crippen molar-refractivity contribution < 1.29 is 4.79 Å². The Hall–Kier alpha value is -1.33. The molecular weight excluding hydrogens is 270 g/mol. The highest BCUT2D eigenvalue weighted by atomic mass is 35.5. The van der Waals surface area contributed by atoms with Crippen LogP contribution < -0.4 is 5.32 Å². The van der Waals surface area contributed by atoms with Gasteiger partial charge in [-0.25, -0.2) is 0 Å². The molecule has 2 aromatic rings. The first kappa shape index (κ1) is 13.1. The molecule has 2 aromatic heterocycles. The number of nitrogens with zero attached hydrogens (tertiary/aromatic N) is 2. The lowest BCUT2D eigenvalue weighted by atomic mass is 10.4. The van der Waals surface area contributed by atoms with E-state index in [2.05, 4.69) is 10.4 Å². The van der Waals surface area contributed by atoms with Gasteiger partial charge in [-0.2, -0.15) is 5.10 Å². The molecule has 0 aliphatic heterocycles. The van der Waals surface area contributed by atoms with Crippen molar-refractivity contribution in [2.75, 3.05) is 6.54 Å². The Morgan fingerprint density at radius 3 is 2.83 bits per heavy atom. The SMILES string of the molecule is Cc1cc(C)n(CCNC(=O)c2ccc(Cl)s2)n1. The highest BCUT2D eigenvalue weighted by Gasteiger charge is 2.08. The zero-order valence-electron chi connectivity index (χ0n) is 10.2. The summed E-state index contributed by atoms with van der Waals surface area (Å²) in [7, 11) is 0. The molecule has 96 valence electrons. The lowest BCUT2D eigenvalue weighted by molar-refractivity contribution is 0.0956. The number of aryl methyl sites for hydroxylation is 2. The number of carbonyl (C=O) groups excluding carboxylic acids is 1. The number of halogens is 1. The van der Waals surface area contributed by atoms with Crippen molar-refractivity contribution >= 4 is 28.8 Å². The second kappa shape index (κ2) is 5.54. The lowest BCUT2D eigenvalue weighted by Crippen LogP contribution is -2.27. The highest BCUT2D eigenvalue weighted by molar-refractivity contribution is 7.17. The minimum atomic E-state index is -0.0894. The number of hydrogen-bond donors (Lipinski definition) is 1.